The van der Waals surface area contributed by atoms with Crippen LogP contribution in [0.2, 0.25) is 0 Å². The molecule has 0 aliphatic carbocycles. The van der Waals surface area contributed by atoms with E-state index in [1.807, 2.05) is 20.8 Å². The second-order valence-electron chi connectivity index (χ2n) is 6.00. The van der Waals surface area contributed by atoms with Gasteiger partial charge in [0.05, 0.1) is 11.6 Å². The number of carbonyl (C=O) groups is 1. The second-order valence-corrected chi connectivity index (χ2v) is 6.00. The fourth-order valence-corrected chi connectivity index (χ4v) is 1.77. The van der Waals surface area contributed by atoms with Gasteiger partial charge in [-0.25, -0.2) is 9.67 Å². The molecule has 1 aromatic heterocycles. The van der Waals surface area contributed by atoms with E-state index in [2.05, 4.69) is 15.4 Å². The smallest absolute Gasteiger partial charge is 0.291 e. The first-order valence-corrected chi connectivity index (χ1v) is 6.94. The first kappa shape index (κ1) is 16.0. The van der Waals surface area contributed by atoms with Gasteiger partial charge in [-0.1, -0.05) is 12.1 Å². The van der Waals surface area contributed by atoms with Crippen LogP contribution in [0.15, 0.2) is 30.6 Å². The van der Waals surface area contributed by atoms with Gasteiger partial charge in [0.15, 0.2) is 0 Å². The maximum Gasteiger partial charge on any atom is 0.291 e. The maximum absolute atomic E-state index is 12.0. The van der Waals surface area contributed by atoms with Crippen molar-refractivity contribution in [2.24, 2.45) is 0 Å². The minimum Gasteiger partial charge on any atom is -0.508 e. The number of phenolic OH excluding ortho intramolecular Hbond substituents is 1. The number of benzene rings is 1. The SMILES string of the molecule is CC(C)(C)n1cnc(C(=O)NCC(O)c2ccc(O)cc2)n1. The first-order valence-electron chi connectivity index (χ1n) is 6.94. The Labute approximate surface area is 128 Å². The van der Waals surface area contributed by atoms with E-state index < -0.39 is 12.0 Å². The Morgan fingerprint density at radius 3 is 2.50 bits per heavy atom. The molecule has 3 N–H and O–H groups in total. The predicted molar refractivity (Wildman–Crippen MR) is 80.4 cm³/mol. The summed E-state index contributed by atoms with van der Waals surface area (Å²) in [7, 11) is 0. The quantitative estimate of drug-likeness (QED) is 0.788. The van der Waals surface area contributed by atoms with Gasteiger partial charge in [0.25, 0.3) is 5.91 Å². The molecule has 0 fully saturated rings. The van der Waals surface area contributed by atoms with Crippen molar-refractivity contribution in [1.82, 2.24) is 20.1 Å². The number of nitrogens with zero attached hydrogens (tertiary/aromatic N) is 3. The molecular formula is C15H20N4O3. The molecular weight excluding hydrogens is 284 g/mol. The molecule has 0 aliphatic rings. The largest absolute Gasteiger partial charge is 0.508 e. The third-order valence-corrected chi connectivity index (χ3v) is 3.12. The van der Waals surface area contributed by atoms with Gasteiger partial charge < -0.3 is 15.5 Å². The minimum atomic E-state index is -0.866. The maximum atomic E-state index is 12.0. The van der Waals surface area contributed by atoms with Crippen molar-refractivity contribution in [3.05, 3.63) is 42.0 Å². The van der Waals surface area contributed by atoms with Crippen LogP contribution in [-0.2, 0) is 5.54 Å². The zero-order valence-electron chi connectivity index (χ0n) is 12.8. The summed E-state index contributed by atoms with van der Waals surface area (Å²) in [4.78, 5) is 15.9. The van der Waals surface area contributed by atoms with Gasteiger partial charge >= 0.3 is 0 Å². The number of nitrogens with one attached hydrogen (secondary N) is 1. The summed E-state index contributed by atoms with van der Waals surface area (Å²) < 4.78 is 1.61. The molecule has 0 spiro atoms. The average Bonchev–Trinajstić information content (AvgIpc) is 2.95. The molecule has 118 valence electrons. The normalized spacial score (nSPS) is 12.9. The lowest BCUT2D eigenvalue weighted by Crippen LogP contribution is -2.30. The van der Waals surface area contributed by atoms with E-state index in [0.717, 1.165) is 0 Å². The zero-order valence-corrected chi connectivity index (χ0v) is 12.8. The lowest BCUT2D eigenvalue weighted by molar-refractivity contribution is 0.0905. The highest BCUT2D eigenvalue weighted by molar-refractivity contribution is 5.90. The molecule has 7 nitrogen and oxygen atoms in total. The Balaban J connectivity index is 1.95. The van der Waals surface area contributed by atoms with Crippen LogP contribution in [0.3, 0.4) is 0 Å². The highest BCUT2D eigenvalue weighted by atomic mass is 16.3. The molecule has 2 aromatic rings. The number of aliphatic hydroxyl groups is 1. The topological polar surface area (TPSA) is 100 Å². The molecule has 1 atom stereocenters. The van der Waals surface area contributed by atoms with Crippen molar-refractivity contribution < 1.29 is 15.0 Å². The van der Waals surface area contributed by atoms with E-state index in [1.165, 1.54) is 18.5 Å². The van der Waals surface area contributed by atoms with Crippen LogP contribution >= 0.6 is 0 Å². The lowest BCUT2D eigenvalue weighted by Gasteiger charge is -2.17. The van der Waals surface area contributed by atoms with Crippen LogP contribution in [0.4, 0.5) is 0 Å². The molecule has 7 heteroatoms. The summed E-state index contributed by atoms with van der Waals surface area (Å²) in [5.41, 5.74) is 0.350. The van der Waals surface area contributed by atoms with E-state index in [4.69, 9.17) is 0 Å². The van der Waals surface area contributed by atoms with Crippen molar-refractivity contribution in [2.75, 3.05) is 6.54 Å². The average molecular weight is 304 g/mol. The third kappa shape index (κ3) is 3.82. The van der Waals surface area contributed by atoms with Gasteiger partial charge in [0.2, 0.25) is 5.82 Å². The summed E-state index contributed by atoms with van der Waals surface area (Å²) in [6, 6.07) is 6.15. The second kappa shape index (κ2) is 6.15. The lowest BCUT2D eigenvalue weighted by atomic mass is 10.1. The van der Waals surface area contributed by atoms with Gasteiger partial charge in [-0.15, -0.1) is 5.10 Å². The Morgan fingerprint density at radius 2 is 1.95 bits per heavy atom. The van der Waals surface area contributed by atoms with Crippen LogP contribution in [0.25, 0.3) is 0 Å². The van der Waals surface area contributed by atoms with E-state index >= 15 is 0 Å². The van der Waals surface area contributed by atoms with E-state index in [0.29, 0.717) is 5.56 Å². The molecule has 0 aliphatic heterocycles. The van der Waals surface area contributed by atoms with Crippen molar-refractivity contribution in [1.29, 1.82) is 0 Å². The highest BCUT2D eigenvalue weighted by Crippen LogP contribution is 2.16. The molecule has 0 radical (unpaired) electrons. The van der Waals surface area contributed by atoms with Gasteiger partial charge in [-0.2, -0.15) is 0 Å². The van der Waals surface area contributed by atoms with Crippen LogP contribution in [0.1, 0.15) is 43.1 Å². The fraction of sp³-hybridized carbons (Fsp3) is 0.400. The van der Waals surface area contributed by atoms with Crippen molar-refractivity contribution >= 4 is 5.91 Å². The molecule has 0 bridgehead atoms. The zero-order chi connectivity index (χ0) is 16.3. The number of phenols is 1. The summed E-state index contributed by atoms with van der Waals surface area (Å²) >= 11 is 0. The number of hydrogen-bond acceptors (Lipinski definition) is 5. The summed E-state index contributed by atoms with van der Waals surface area (Å²) in [5.74, 6) is -0.259. The number of aromatic nitrogens is 3. The third-order valence-electron chi connectivity index (χ3n) is 3.12. The monoisotopic (exact) mass is 304 g/mol. The Bertz CT molecular complexity index is 644. The minimum absolute atomic E-state index is 0.0354. The van der Waals surface area contributed by atoms with Gasteiger partial charge in [-0.3, -0.25) is 4.79 Å². The molecule has 1 aromatic carbocycles. The number of rotatable bonds is 4. The summed E-state index contributed by atoms with van der Waals surface area (Å²) in [6.07, 6.45) is 0.639. The van der Waals surface area contributed by atoms with Crippen molar-refractivity contribution in [3.63, 3.8) is 0 Å². The standard InChI is InChI=1S/C15H20N4O3/c1-15(2,3)19-9-17-13(18-19)14(22)16-8-12(21)10-4-6-11(20)7-5-10/h4-7,9,12,20-21H,8H2,1-3H3,(H,16,22). The van der Waals surface area contributed by atoms with Gasteiger partial charge in [-0.05, 0) is 38.5 Å². The van der Waals surface area contributed by atoms with Crippen LogP contribution in [-0.4, -0.2) is 37.4 Å². The molecule has 1 heterocycles. The highest BCUT2D eigenvalue weighted by Gasteiger charge is 2.19. The number of aliphatic hydroxyl groups excluding tert-OH is 1. The fourth-order valence-electron chi connectivity index (χ4n) is 1.77. The van der Waals surface area contributed by atoms with E-state index in [9.17, 15) is 15.0 Å². The molecule has 1 amide bonds. The summed E-state index contributed by atoms with van der Waals surface area (Å²) in [6.45, 7) is 5.90. The van der Waals surface area contributed by atoms with Crippen LogP contribution in [0.5, 0.6) is 5.75 Å². The Kier molecular flexibility index (Phi) is 4.46. The summed E-state index contributed by atoms with van der Waals surface area (Å²) in [5, 5.41) is 25.9. The number of amides is 1. The molecule has 1 unspecified atom stereocenters. The van der Waals surface area contributed by atoms with Crippen LogP contribution in [0, 0.1) is 0 Å². The number of aromatic hydroxyl groups is 1. The Hall–Kier alpha value is -2.41. The van der Waals surface area contributed by atoms with Crippen LogP contribution < -0.4 is 5.32 Å². The van der Waals surface area contributed by atoms with E-state index in [1.54, 1.807) is 16.8 Å². The number of hydrogen-bond donors (Lipinski definition) is 3. The van der Waals surface area contributed by atoms with Crippen molar-refractivity contribution in [3.8, 4) is 5.75 Å². The van der Waals surface area contributed by atoms with Gasteiger partial charge in [0, 0.05) is 6.54 Å². The molecule has 0 saturated heterocycles. The predicted octanol–water partition coefficient (Wildman–Crippen LogP) is 1.20. The Morgan fingerprint density at radius 1 is 1.32 bits per heavy atom. The molecule has 0 saturated carbocycles. The molecule has 22 heavy (non-hydrogen) atoms. The molecule has 2 rings (SSSR count). The van der Waals surface area contributed by atoms with E-state index in [-0.39, 0.29) is 23.7 Å². The van der Waals surface area contributed by atoms with Crippen molar-refractivity contribution in [2.45, 2.75) is 32.4 Å². The number of carbonyl (C=O) groups excluding carboxylic acids is 1. The first-order chi connectivity index (χ1) is 10.3. The van der Waals surface area contributed by atoms with Gasteiger partial charge in [0.1, 0.15) is 12.1 Å².